The van der Waals surface area contributed by atoms with E-state index in [4.69, 9.17) is 16.3 Å². The predicted octanol–water partition coefficient (Wildman–Crippen LogP) is 4.55. The van der Waals surface area contributed by atoms with Gasteiger partial charge >= 0.3 is 0 Å². The summed E-state index contributed by atoms with van der Waals surface area (Å²) in [6.07, 6.45) is 5.61. The number of nitrogens with zero attached hydrogens (tertiary/aromatic N) is 2. The Bertz CT molecular complexity index is 1120. The number of para-hydroxylation sites is 1. The lowest BCUT2D eigenvalue weighted by molar-refractivity contribution is -0.117. The minimum absolute atomic E-state index is 0.0372. The molecule has 2 aromatic carbocycles. The number of carbonyl (C=O) groups is 1. The van der Waals surface area contributed by atoms with Crippen molar-refractivity contribution in [2.45, 2.75) is 25.5 Å². The first-order chi connectivity index (χ1) is 14.6. The molecule has 2 heterocycles. The Morgan fingerprint density at radius 3 is 2.80 bits per heavy atom. The summed E-state index contributed by atoms with van der Waals surface area (Å²) in [5.41, 5.74) is 3.08. The predicted molar refractivity (Wildman–Crippen MR) is 118 cm³/mol. The quantitative estimate of drug-likeness (QED) is 0.471. The Hall–Kier alpha value is -3.07. The van der Waals surface area contributed by atoms with Crippen LogP contribution in [0.15, 0.2) is 60.3 Å². The van der Waals surface area contributed by atoms with Crippen LogP contribution >= 0.6 is 11.6 Å². The van der Waals surface area contributed by atoms with Crippen LogP contribution in [0.4, 0.5) is 0 Å². The molecule has 6 heteroatoms. The van der Waals surface area contributed by atoms with Gasteiger partial charge in [0.15, 0.2) is 0 Å². The summed E-state index contributed by atoms with van der Waals surface area (Å²) in [6.45, 7) is 1.82. The summed E-state index contributed by atoms with van der Waals surface area (Å²) < 4.78 is 7.65. The maximum Gasteiger partial charge on any atom is 0.262 e. The molecule has 0 saturated carbocycles. The molecule has 30 heavy (non-hydrogen) atoms. The van der Waals surface area contributed by atoms with E-state index in [9.17, 15) is 10.1 Å². The first-order valence-corrected chi connectivity index (χ1v) is 10.4. The number of carbonyl (C=O) groups excluding carboxylic acids is 1. The van der Waals surface area contributed by atoms with Gasteiger partial charge < -0.3 is 14.6 Å². The number of halogens is 1. The van der Waals surface area contributed by atoms with E-state index in [-0.39, 0.29) is 17.6 Å². The van der Waals surface area contributed by atoms with Crippen molar-refractivity contribution in [2.24, 2.45) is 0 Å². The van der Waals surface area contributed by atoms with Crippen LogP contribution in [-0.4, -0.2) is 29.7 Å². The maximum absolute atomic E-state index is 12.5. The molecule has 1 saturated heterocycles. The minimum Gasteiger partial charge on any atom is -0.376 e. The van der Waals surface area contributed by atoms with Gasteiger partial charge in [0.05, 0.1) is 6.10 Å². The van der Waals surface area contributed by atoms with Crippen molar-refractivity contribution in [1.29, 1.82) is 5.26 Å². The van der Waals surface area contributed by atoms with Crippen molar-refractivity contribution in [2.75, 3.05) is 13.2 Å². The molecule has 0 spiro atoms. The van der Waals surface area contributed by atoms with Gasteiger partial charge in [0.1, 0.15) is 11.6 Å². The van der Waals surface area contributed by atoms with Crippen LogP contribution in [0.3, 0.4) is 0 Å². The topological polar surface area (TPSA) is 67.0 Å². The SMILES string of the molecule is N#C/C(=C\c1cn(Cc2ccc(Cl)cc2)c2ccccc12)C(=O)NC[C@H]1CCCO1. The number of amides is 1. The lowest BCUT2D eigenvalue weighted by Crippen LogP contribution is -2.32. The van der Waals surface area contributed by atoms with Gasteiger partial charge in [0, 0.05) is 47.4 Å². The summed E-state index contributed by atoms with van der Waals surface area (Å²) in [5, 5.41) is 14.1. The van der Waals surface area contributed by atoms with E-state index in [2.05, 4.69) is 9.88 Å². The molecule has 1 aliphatic heterocycles. The van der Waals surface area contributed by atoms with E-state index in [1.54, 1.807) is 6.08 Å². The van der Waals surface area contributed by atoms with Crippen molar-refractivity contribution in [3.63, 3.8) is 0 Å². The highest BCUT2D eigenvalue weighted by Crippen LogP contribution is 2.25. The summed E-state index contributed by atoms with van der Waals surface area (Å²) in [4.78, 5) is 12.5. The number of nitriles is 1. The molecule has 1 fully saturated rings. The molecule has 0 radical (unpaired) electrons. The van der Waals surface area contributed by atoms with Gasteiger partial charge in [-0.3, -0.25) is 4.79 Å². The molecule has 152 valence electrons. The first-order valence-electron chi connectivity index (χ1n) is 9.98. The second-order valence-corrected chi connectivity index (χ2v) is 7.81. The minimum atomic E-state index is -0.373. The molecule has 1 N–H and O–H groups in total. The summed E-state index contributed by atoms with van der Waals surface area (Å²) >= 11 is 5.99. The number of nitrogens with one attached hydrogen (secondary N) is 1. The van der Waals surface area contributed by atoms with Crippen LogP contribution in [0.1, 0.15) is 24.0 Å². The third-order valence-electron chi connectivity index (χ3n) is 5.26. The highest BCUT2D eigenvalue weighted by atomic mass is 35.5. The van der Waals surface area contributed by atoms with E-state index in [0.717, 1.165) is 41.5 Å². The Balaban J connectivity index is 1.60. The van der Waals surface area contributed by atoms with Gasteiger partial charge in [-0.2, -0.15) is 5.26 Å². The third kappa shape index (κ3) is 4.56. The van der Waals surface area contributed by atoms with E-state index in [1.807, 2.05) is 60.8 Å². The van der Waals surface area contributed by atoms with Crippen LogP contribution in [0.25, 0.3) is 17.0 Å². The van der Waals surface area contributed by atoms with Gasteiger partial charge in [-0.25, -0.2) is 0 Å². The van der Waals surface area contributed by atoms with Crippen molar-refractivity contribution in [1.82, 2.24) is 9.88 Å². The summed E-state index contributed by atoms with van der Waals surface area (Å²) in [6, 6.07) is 17.7. The lowest BCUT2D eigenvalue weighted by atomic mass is 10.1. The molecule has 3 aromatic rings. The number of rotatable bonds is 6. The van der Waals surface area contributed by atoms with Crippen molar-refractivity contribution in [3.05, 3.63) is 76.5 Å². The van der Waals surface area contributed by atoms with Gasteiger partial charge in [0.25, 0.3) is 5.91 Å². The maximum atomic E-state index is 12.5. The molecule has 1 aliphatic rings. The number of hydrogen-bond acceptors (Lipinski definition) is 3. The first kappa shape index (κ1) is 20.2. The normalized spacial score (nSPS) is 16.5. The molecule has 5 nitrogen and oxygen atoms in total. The number of fused-ring (bicyclic) bond motifs is 1. The van der Waals surface area contributed by atoms with E-state index < -0.39 is 0 Å². The van der Waals surface area contributed by atoms with Crippen molar-refractivity contribution in [3.8, 4) is 6.07 Å². The smallest absolute Gasteiger partial charge is 0.262 e. The Kier molecular flexibility index (Phi) is 6.18. The van der Waals surface area contributed by atoms with Gasteiger partial charge in [-0.1, -0.05) is 41.9 Å². The number of aromatic nitrogens is 1. The fraction of sp³-hybridized carbons (Fsp3) is 0.250. The molecule has 0 unspecified atom stereocenters. The number of benzene rings is 2. The van der Waals surface area contributed by atoms with Gasteiger partial charge in [0.2, 0.25) is 0 Å². The highest BCUT2D eigenvalue weighted by Gasteiger charge is 2.18. The molecule has 0 bridgehead atoms. The Morgan fingerprint density at radius 2 is 2.07 bits per heavy atom. The fourth-order valence-electron chi connectivity index (χ4n) is 3.72. The summed E-state index contributed by atoms with van der Waals surface area (Å²) in [5.74, 6) is -0.373. The van der Waals surface area contributed by atoms with Crippen LogP contribution in [0.5, 0.6) is 0 Å². The molecule has 1 amide bonds. The van der Waals surface area contributed by atoms with E-state index >= 15 is 0 Å². The Morgan fingerprint density at radius 1 is 1.27 bits per heavy atom. The number of ether oxygens (including phenoxy) is 1. The van der Waals surface area contributed by atoms with Crippen LogP contribution in [0.2, 0.25) is 5.02 Å². The van der Waals surface area contributed by atoms with Crippen LogP contribution < -0.4 is 5.32 Å². The number of hydrogen-bond donors (Lipinski definition) is 1. The zero-order valence-electron chi connectivity index (χ0n) is 16.5. The fourth-order valence-corrected chi connectivity index (χ4v) is 3.84. The third-order valence-corrected chi connectivity index (χ3v) is 5.52. The van der Waals surface area contributed by atoms with E-state index in [1.165, 1.54) is 0 Å². The Labute approximate surface area is 180 Å². The lowest BCUT2D eigenvalue weighted by Gasteiger charge is -2.10. The second kappa shape index (κ2) is 9.17. The molecule has 4 rings (SSSR count). The molecule has 1 aromatic heterocycles. The van der Waals surface area contributed by atoms with Crippen molar-refractivity contribution < 1.29 is 9.53 Å². The molecule has 0 aliphatic carbocycles. The van der Waals surface area contributed by atoms with Crippen LogP contribution in [0, 0.1) is 11.3 Å². The summed E-state index contributed by atoms with van der Waals surface area (Å²) in [7, 11) is 0. The molecular formula is C24H22ClN3O2. The van der Waals surface area contributed by atoms with E-state index in [0.29, 0.717) is 18.1 Å². The van der Waals surface area contributed by atoms with Crippen molar-refractivity contribution >= 4 is 34.5 Å². The zero-order valence-corrected chi connectivity index (χ0v) is 17.2. The van der Waals surface area contributed by atoms with Gasteiger partial charge in [-0.15, -0.1) is 0 Å². The standard InChI is InChI=1S/C24H22ClN3O2/c25-20-9-7-17(8-10-20)15-28-16-19(22-5-1-2-6-23(22)28)12-18(13-26)24(29)27-14-21-4-3-11-30-21/h1-2,5-10,12,16,21H,3-4,11,14-15H2,(H,27,29)/b18-12+/t21-/m1/s1. The largest absolute Gasteiger partial charge is 0.376 e. The average molecular weight is 420 g/mol. The molecular weight excluding hydrogens is 398 g/mol. The average Bonchev–Trinajstić information content (AvgIpc) is 3.40. The highest BCUT2D eigenvalue weighted by molar-refractivity contribution is 6.30. The van der Waals surface area contributed by atoms with Gasteiger partial charge in [-0.05, 0) is 42.7 Å². The zero-order chi connectivity index (χ0) is 20.9. The van der Waals surface area contributed by atoms with Crippen LogP contribution in [-0.2, 0) is 16.1 Å². The second-order valence-electron chi connectivity index (χ2n) is 7.37. The monoisotopic (exact) mass is 419 g/mol. The molecule has 1 atom stereocenters.